The van der Waals surface area contributed by atoms with Crippen molar-refractivity contribution in [2.75, 3.05) is 12.3 Å². The third-order valence-electron chi connectivity index (χ3n) is 11.1. The summed E-state index contributed by atoms with van der Waals surface area (Å²) >= 11 is 0. The molecule has 8 aromatic carbocycles. The standard InChI is InChI=1S/C54H52P4/c1(27-45-57(51-37-19-7-20-38-51,52-39-21-8-22-40-52)55(47-29-11-3-12-30-47)48-31-13-4-14-32-48)2-28-46-58(53-41-23-9-24-42-53,54-43-25-10-26-44-54)56(49-33-15-5-16-34-49)50-35-17-6-18-36-50/h3-26,29-44H,1-2,27-28,45-46H2/q+2. The Kier molecular flexibility index (Phi) is 13.9. The average Bonchev–Trinajstić information content (AvgIpc) is 3.31. The molecule has 0 amide bonds. The number of rotatable bonds is 17. The Labute approximate surface area is 350 Å². The minimum atomic E-state index is -1.95. The van der Waals surface area contributed by atoms with Crippen molar-refractivity contribution in [3.05, 3.63) is 243 Å². The Morgan fingerprint density at radius 2 is 0.414 bits per heavy atom. The molecule has 0 saturated carbocycles. The van der Waals surface area contributed by atoms with Gasteiger partial charge in [-0.05, 0) is 74.2 Å². The van der Waals surface area contributed by atoms with Crippen LogP contribution in [0.4, 0.5) is 0 Å². The van der Waals surface area contributed by atoms with Gasteiger partial charge in [-0.2, -0.15) is 0 Å². The van der Waals surface area contributed by atoms with Gasteiger partial charge in [-0.1, -0.05) is 194 Å². The number of benzene rings is 8. The summed E-state index contributed by atoms with van der Waals surface area (Å²) in [5, 5.41) is 12.0. The Balaban J connectivity index is 1.16. The van der Waals surface area contributed by atoms with Gasteiger partial charge in [0.25, 0.3) is 0 Å². The van der Waals surface area contributed by atoms with E-state index >= 15 is 0 Å². The fourth-order valence-corrected chi connectivity index (χ4v) is 32.3. The van der Waals surface area contributed by atoms with E-state index in [1.165, 1.54) is 80.4 Å². The van der Waals surface area contributed by atoms with Crippen LogP contribution in [-0.4, -0.2) is 12.3 Å². The molecular weight excluding hydrogens is 772 g/mol. The lowest BCUT2D eigenvalue weighted by atomic mass is 10.2. The van der Waals surface area contributed by atoms with Crippen molar-refractivity contribution < 1.29 is 0 Å². The van der Waals surface area contributed by atoms with Crippen molar-refractivity contribution in [3.8, 4) is 0 Å². The van der Waals surface area contributed by atoms with Gasteiger partial charge in [0.05, 0.1) is 12.3 Å². The van der Waals surface area contributed by atoms with Crippen LogP contribution in [0.1, 0.15) is 25.7 Å². The molecule has 0 aliphatic carbocycles. The van der Waals surface area contributed by atoms with Crippen molar-refractivity contribution >= 4 is 71.6 Å². The van der Waals surface area contributed by atoms with Crippen LogP contribution >= 0.6 is 29.1 Å². The highest BCUT2D eigenvalue weighted by atomic mass is 32.1. The molecule has 0 aliphatic rings. The summed E-state index contributed by atoms with van der Waals surface area (Å²) in [5.74, 6) is 0. The molecule has 0 N–H and O–H groups in total. The first-order valence-corrected chi connectivity index (χ1v) is 28.6. The molecule has 58 heavy (non-hydrogen) atoms. The van der Waals surface area contributed by atoms with Crippen LogP contribution in [-0.2, 0) is 0 Å². The van der Waals surface area contributed by atoms with E-state index in [9.17, 15) is 0 Å². The maximum Gasteiger partial charge on any atom is 0.129 e. The molecular formula is C54H52P4+2. The summed E-state index contributed by atoms with van der Waals surface area (Å²) in [7, 11) is -1.39. The molecule has 0 bridgehead atoms. The predicted octanol–water partition coefficient (Wildman–Crippen LogP) is 12.0. The van der Waals surface area contributed by atoms with Gasteiger partial charge < -0.3 is 0 Å². The summed E-state index contributed by atoms with van der Waals surface area (Å²) < 4.78 is 0. The normalized spacial score (nSPS) is 11.8. The van der Waals surface area contributed by atoms with Crippen molar-refractivity contribution in [1.82, 2.24) is 0 Å². The second-order valence-corrected chi connectivity index (χ2v) is 30.6. The predicted molar refractivity (Wildman–Crippen MR) is 264 cm³/mol. The quantitative estimate of drug-likeness (QED) is 0.0634. The first kappa shape index (κ1) is 40.3. The topological polar surface area (TPSA) is 0 Å². The first-order valence-electron chi connectivity index (χ1n) is 20.6. The Morgan fingerprint density at radius 1 is 0.224 bits per heavy atom. The molecule has 286 valence electrons. The van der Waals surface area contributed by atoms with Crippen molar-refractivity contribution in [3.63, 3.8) is 0 Å². The van der Waals surface area contributed by atoms with Crippen LogP contribution < -0.4 is 42.4 Å². The van der Waals surface area contributed by atoms with Crippen LogP contribution in [0.5, 0.6) is 0 Å². The number of unbranched alkanes of at least 4 members (excludes halogenated alkanes) is 3. The van der Waals surface area contributed by atoms with Crippen molar-refractivity contribution in [1.29, 1.82) is 0 Å². The van der Waals surface area contributed by atoms with Crippen molar-refractivity contribution in [2.24, 2.45) is 0 Å². The van der Waals surface area contributed by atoms with E-state index < -0.39 is 29.1 Å². The fourth-order valence-electron chi connectivity index (χ4n) is 8.57. The fraction of sp³-hybridized carbons (Fsp3) is 0.111. The summed E-state index contributed by atoms with van der Waals surface area (Å²) in [6.07, 6.45) is 7.21. The largest absolute Gasteiger partial charge is 0.129 e. The molecule has 0 aliphatic heterocycles. The zero-order valence-corrected chi connectivity index (χ0v) is 36.7. The zero-order chi connectivity index (χ0) is 39.3. The van der Waals surface area contributed by atoms with Gasteiger partial charge >= 0.3 is 0 Å². The summed E-state index contributed by atoms with van der Waals surface area (Å²) in [5.41, 5.74) is 0. The molecule has 0 unspecified atom stereocenters. The Morgan fingerprint density at radius 3 is 0.621 bits per heavy atom. The van der Waals surface area contributed by atoms with E-state index in [2.05, 4.69) is 243 Å². The van der Waals surface area contributed by atoms with Crippen LogP contribution in [0, 0.1) is 0 Å². The lowest BCUT2D eigenvalue weighted by Gasteiger charge is -2.35. The van der Waals surface area contributed by atoms with Gasteiger partial charge in [0.2, 0.25) is 0 Å². The van der Waals surface area contributed by atoms with E-state index in [4.69, 9.17) is 0 Å². The molecule has 4 heteroatoms. The van der Waals surface area contributed by atoms with E-state index in [0.29, 0.717) is 0 Å². The maximum atomic E-state index is 2.44. The highest BCUT2D eigenvalue weighted by molar-refractivity contribution is 8.50. The lowest BCUT2D eigenvalue weighted by Crippen LogP contribution is -2.30. The summed E-state index contributed by atoms with van der Waals surface area (Å²) in [4.78, 5) is 0. The monoisotopic (exact) mass is 824 g/mol. The zero-order valence-electron chi connectivity index (χ0n) is 33.1. The summed E-state index contributed by atoms with van der Waals surface area (Å²) in [6, 6.07) is 92.2. The first-order chi connectivity index (χ1) is 28.8. The highest BCUT2D eigenvalue weighted by Crippen LogP contribution is 2.82. The molecule has 8 aromatic rings. The highest BCUT2D eigenvalue weighted by Gasteiger charge is 2.53. The van der Waals surface area contributed by atoms with E-state index in [-0.39, 0.29) is 0 Å². The maximum absolute atomic E-state index is 2.44. The molecule has 0 spiro atoms. The molecule has 0 heterocycles. The van der Waals surface area contributed by atoms with E-state index in [0.717, 1.165) is 0 Å². The number of hydrogen-bond donors (Lipinski definition) is 0. The van der Waals surface area contributed by atoms with Crippen LogP contribution in [0.15, 0.2) is 243 Å². The second-order valence-electron chi connectivity index (χ2n) is 14.7. The number of hydrogen-bond acceptors (Lipinski definition) is 0. The molecule has 0 nitrogen and oxygen atoms in total. The third kappa shape index (κ3) is 8.74. The lowest BCUT2D eigenvalue weighted by molar-refractivity contribution is 0.708. The SMILES string of the molecule is c1ccc(P(c2ccccc2)[P+](CCCCCC[P+](c2ccccc2)(c2ccccc2)P(c2ccccc2)c2ccccc2)(c2ccccc2)c2ccccc2)cc1. The Bertz CT molecular complexity index is 2050. The summed E-state index contributed by atoms with van der Waals surface area (Å²) in [6.45, 7) is -3.90. The van der Waals surface area contributed by atoms with Gasteiger partial charge in [-0.15, -0.1) is 0 Å². The smallest absolute Gasteiger partial charge is 0.0622 e. The van der Waals surface area contributed by atoms with Crippen LogP contribution in [0.25, 0.3) is 0 Å². The molecule has 0 fully saturated rings. The molecule has 0 radical (unpaired) electrons. The van der Waals surface area contributed by atoms with Crippen molar-refractivity contribution in [2.45, 2.75) is 25.7 Å². The Hall–Kier alpha value is -4.52. The van der Waals surface area contributed by atoms with Gasteiger partial charge in [0, 0.05) is 21.2 Å². The minimum absolute atomic E-state index is 0.696. The van der Waals surface area contributed by atoms with Gasteiger partial charge in [-0.3, -0.25) is 0 Å². The minimum Gasteiger partial charge on any atom is -0.0622 e. The second kappa shape index (κ2) is 20.0. The van der Waals surface area contributed by atoms with E-state index in [1.807, 2.05) is 0 Å². The van der Waals surface area contributed by atoms with Gasteiger partial charge in [-0.25, -0.2) is 0 Å². The third-order valence-corrected chi connectivity index (χ3v) is 33.0. The van der Waals surface area contributed by atoms with Crippen LogP contribution in [0.2, 0.25) is 0 Å². The van der Waals surface area contributed by atoms with Gasteiger partial charge in [0.1, 0.15) is 50.3 Å². The van der Waals surface area contributed by atoms with Crippen LogP contribution in [0.3, 0.4) is 0 Å². The van der Waals surface area contributed by atoms with E-state index in [1.54, 1.807) is 0 Å². The molecule has 0 saturated heterocycles. The molecule has 8 rings (SSSR count). The average molecular weight is 825 g/mol. The van der Waals surface area contributed by atoms with Gasteiger partial charge in [0.15, 0.2) is 0 Å². The molecule has 0 atom stereocenters. The molecule has 0 aromatic heterocycles.